The molecule has 0 aromatic carbocycles. The first-order valence-electron chi connectivity index (χ1n) is 2.08. The summed E-state index contributed by atoms with van der Waals surface area (Å²) in [6, 6.07) is 0. The second-order valence-corrected chi connectivity index (χ2v) is 1.74. The summed E-state index contributed by atoms with van der Waals surface area (Å²) in [7, 11) is 0. The number of rotatable bonds is 2. The van der Waals surface area contributed by atoms with Crippen LogP contribution in [0.2, 0.25) is 0 Å². The zero-order valence-electron chi connectivity index (χ0n) is 4.37. The van der Waals surface area contributed by atoms with Crippen molar-refractivity contribution in [3.05, 3.63) is 0 Å². The van der Waals surface area contributed by atoms with E-state index in [0.29, 0.717) is 6.92 Å². The van der Waals surface area contributed by atoms with Crippen molar-refractivity contribution < 1.29 is 18.3 Å². The minimum Gasteiger partial charge on any atom is -0.393 e. The van der Waals surface area contributed by atoms with Gasteiger partial charge in [-0.05, 0) is 6.92 Å². The van der Waals surface area contributed by atoms with Crippen molar-refractivity contribution in [3.63, 3.8) is 0 Å². The van der Waals surface area contributed by atoms with Gasteiger partial charge in [0, 0.05) is 0 Å². The summed E-state index contributed by atoms with van der Waals surface area (Å²) in [6.07, 6.45) is -3.10. The lowest BCUT2D eigenvalue weighted by Crippen LogP contribution is -2.32. The molecule has 1 nitrogen and oxygen atoms in total. The Balaban J connectivity index is 3.71. The van der Waals surface area contributed by atoms with Crippen molar-refractivity contribution >= 4 is 0 Å². The van der Waals surface area contributed by atoms with E-state index in [4.69, 9.17) is 5.11 Å². The highest BCUT2D eigenvalue weighted by Crippen LogP contribution is 2.18. The molecule has 0 aliphatic rings. The van der Waals surface area contributed by atoms with Crippen LogP contribution in [0.15, 0.2) is 0 Å². The summed E-state index contributed by atoms with van der Waals surface area (Å²) < 4.78 is 34.5. The molecule has 0 amide bonds. The van der Waals surface area contributed by atoms with Crippen LogP contribution < -0.4 is 0 Å². The van der Waals surface area contributed by atoms with E-state index < -0.39 is 18.7 Å². The van der Waals surface area contributed by atoms with Gasteiger partial charge >= 0.3 is 0 Å². The van der Waals surface area contributed by atoms with Crippen molar-refractivity contribution in [2.45, 2.75) is 19.0 Å². The highest BCUT2D eigenvalue weighted by atomic mass is 19.3. The third kappa shape index (κ3) is 1.69. The largest absolute Gasteiger partial charge is 0.393 e. The Morgan fingerprint density at radius 2 is 2.00 bits per heavy atom. The molecule has 0 saturated carbocycles. The molecular weight excluding hydrogens is 121 g/mol. The van der Waals surface area contributed by atoms with Crippen LogP contribution in [0.3, 0.4) is 0 Å². The van der Waals surface area contributed by atoms with Gasteiger partial charge in [-0.2, -0.15) is 0 Å². The van der Waals surface area contributed by atoms with Crippen LogP contribution in [0.5, 0.6) is 0 Å². The molecule has 0 saturated heterocycles. The molecule has 50 valence electrons. The molecule has 0 bridgehead atoms. The minimum absolute atomic E-state index is 0.650. The van der Waals surface area contributed by atoms with Crippen LogP contribution >= 0.6 is 0 Å². The Kier molecular flexibility index (Phi) is 2.27. The first-order chi connectivity index (χ1) is 3.50. The molecule has 4 heteroatoms. The van der Waals surface area contributed by atoms with E-state index in [1.165, 1.54) is 0 Å². The monoisotopic (exact) mass is 128 g/mol. The van der Waals surface area contributed by atoms with Crippen LogP contribution in [0.1, 0.15) is 6.92 Å². The smallest absolute Gasteiger partial charge is 0.274 e. The molecule has 8 heavy (non-hydrogen) atoms. The Hall–Kier alpha value is -0.250. The number of halogens is 3. The Bertz CT molecular complexity index is 71.7. The maximum Gasteiger partial charge on any atom is 0.274 e. The van der Waals surface area contributed by atoms with Crippen molar-refractivity contribution in [1.29, 1.82) is 0 Å². The van der Waals surface area contributed by atoms with E-state index in [0.717, 1.165) is 0 Å². The predicted octanol–water partition coefficient (Wildman–Crippen LogP) is 0.972. The van der Waals surface area contributed by atoms with Gasteiger partial charge in [0.05, 0.1) is 6.61 Å². The van der Waals surface area contributed by atoms with Gasteiger partial charge in [-0.15, -0.1) is 0 Å². The average molecular weight is 128 g/mol. The normalized spacial score (nSPS) is 18.8. The van der Waals surface area contributed by atoms with Crippen molar-refractivity contribution in [2.24, 2.45) is 0 Å². The first kappa shape index (κ1) is 7.75. The first-order valence-corrected chi connectivity index (χ1v) is 2.08. The number of hydrogen-bond donors (Lipinski definition) is 1. The van der Waals surface area contributed by atoms with Crippen LogP contribution in [0.4, 0.5) is 13.2 Å². The van der Waals surface area contributed by atoms with Gasteiger partial charge < -0.3 is 5.11 Å². The van der Waals surface area contributed by atoms with Crippen LogP contribution in [-0.2, 0) is 0 Å². The van der Waals surface area contributed by atoms with Gasteiger partial charge in [-0.1, -0.05) is 0 Å². The highest BCUT2D eigenvalue weighted by Gasteiger charge is 2.33. The molecule has 0 aromatic rings. The van der Waals surface area contributed by atoms with Crippen molar-refractivity contribution in [3.8, 4) is 0 Å². The van der Waals surface area contributed by atoms with Gasteiger partial charge in [0.1, 0.15) is 0 Å². The molecule has 0 fully saturated rings. The lowest BCUT2D eigenvalue weighted by Gasteiger charge is -2.14. The van der Waals surface area contributed by atoms with E-state index in [2.05, 4.69) is 0 Å². The van der Waals surface area contributed by atoms with Crippen LogP contribution in [0, 0.1) is 0 Å². The Morgan fingerprint density at radius 3 is 2.00 bits per heavy atom. The van der Waals surface area contributed by atoms with Gasteiger partial charge in [-0.25, -0.2) is 13.2 Å². The SMILES string of the molecule is CC(F)(CO)C(F)F. The maximum absolute atomic E-state index is 11.9. The van der Waals surface area contributed by atoms with Gasteiger partial charge in [0.25, 0.3) is 6.43 Å². The second kappa shape index (κ2) is 2.35. The summed E-state index contributed by atoms with van der Waals surface area (Å²) in [5, 5.41) is 7.91. The number of hydrogen-bond acceptors (Lipinski definition) is 1. The molecule has 1 atom stereocenters. The number of aliphatic hydroxyl groups is 1. The van der Waals surface area contributed by atoms with E-state index >= 15 is 0 Å². The molecule has 1 unspecified atom stereocenters. The summed E-state index contributed by atoms with van der Waals surface area (Å²) in [5.74, 6) is 0. The molecule has 0 aliphatic carbocycles. The molecule has 0 aromatic heterocycles. The fourth-order valence-corrected chi connectivity index (χ4v) is 0.0690. The van der Waals surface area contributed by atoms with Gasteiger partial charge in [0.15, 0.2) is 5.67 Å². The van der Waals surface area contributed by atoms with Gasteiger partial charge in [-0.3, -0.25) is 0 Å². The van der Waals surface area contributed by atoms with Gasteiger partial charge in [0.2, 0.25) is 0 Å². The third-order valence-corrected chi connectivity index (χ3v) is 0.764. The van der Waals surface area contributed by atoms with E-state index in [1.807, 2.05) is 0 Å². The van der Waals surface area contributed by atoms with Crippen LogP contribution in [-0.4, -0.2) is 23.8 Å². The minimum atomic E-state index is -3.10. The average Bonchev–Trinajstić information content (AvgIpc) is 1.67. The molecule has 1 N–H and O–H groups in total. The number of alkyl halides is 3. The molecule has 0 heterocycles. The lowest BCUT2D eigenvalue weighted by molar-refractivity contribution is -0.0543. The molecule has 0 radical (unpaired) electrons. The van der Waals surface area contributed by atoms with E-state index in [1.54, 1.807) is 0 Å². The van der Waals surface area contributed by atoms with E-state index in [9.17, 15) is 13.2 Å². The Labute approximate surface area is 45.1 Å². The summed E-state index contributed by atoms with van der Waals surface area (Å²) in [4.78, 5) is 0. The van der Waals surface area contributed by atoms with E-state index in [-0.39, 0.29) is 0 Å². The summed E-state index contributed by atoms with van der Waals surface area (Å²) >= 11 is 0. The molecule has 0 spiro atoms. The number of aliphatic hydroxyl groups excluding tert-OH is 1. The topological polar surface area (TPSA) is 20.2 Å². The quantitative estimate of drug-likeness (QED) is 0.587. The fourth-order valence-electron chi connectivity index (χ4n) is 0.0690. The zero-order chi connectivity index (χ0) is 6.78. The third-order valence-electron chi connectivity index (χ3n) is 0.764. The highest BCUT2D eigenvalue weighted by molar-refractivity contribution is 4.73. The zero-order valence-corrected chi connectivity index (χ0v) is 4.37. The van der Waals surface area contributed by atoms with Crippen molar-refractivity contribution in [2.75, 3.05) is 6.61 Å². The van der Waals surface area contributed by atoms with Crippen LogP contribution in [0.25, 0.3) is 0 Å². The standard InChI is InChI=1S/C4H7F3O/c1-4(7,2-8)3(5)6/h3,8H,2H2,1H3. The molecule has 0 aliphatic heterocycles. The predicted molar refractivity (Wildman–Crippen MR) is 22.6 cm³/mol. The molecular formula is C4H7F3O. The molecule has 0 rings (SSSR count). The Morgan fingerprint density at radius 1 is 1.62 bits per heavy atom. The van der Waals surface area contributed by atoms with Crippen molar-refractivity contribution in [1.82, 2.24) is 0 Å². The summed E-state index contributed by atoms with van der Waals surface area (Å²) in [6.45, 7) is -0.484. The second-order valence-electron chi connectivity index (χ2n) is 1.74. The summed E-state index contributed by atoms with van der Waals surface area (Å²) in [5.41, 5.74) is -2.74. The maximum atomic E-state index is 11.9. The lowest BCUT2D eigenvalue weighted by atomic mass is 10.2. The fraction of sp³-hybridized carbons (Fsp3) is 1.00.